The maximum Gasteiger partial charge on any atom is 0.0499 e. The third-order valence-corrected chi connectivity index (χ3v) is 5.10. The number of nitrogens with one attached hydrogen (secondary N) is 1. The molecular weight excluding hydrogens is 224 g/mol. The van der Waals surface area contributed by atoms with Gasteiger partial charge in [-0.15, -0.1) is 0 Å². The van der Waals surface area contributed by atoms with Gasteiger partial charge in [0.15, 0.2) is 0 Å². The maximum atomic E-state index is 9.59. The highest BCUT2D eigenvalue weighted by Gasteiger charge is 2.28. The van der Waals surface area contributed by atoms with Crippen LogP contribution in [0.4, 0.5) is 0 Å². The van der Waals surface area contributed by atoms with E-state index in [4.69, 9.17) is 0 Å². The van der Waals surface area contributed by atoms with E-state index in [-0.39, 0.29) is 5.41 Å². The third-order valence-electron chi connectivity index (χ3n) is 5.10. The highest BCUT2D eigenvalue weighted by atomic mass is 16.3. The van der Waals surface area contributed by atoms with Crippen molar-refractivity contribution in [3.63, 3.8) is 0 Å². The van der Waals surface area contributed by atoms with Crippen molar-refractivity contribution in [1.82, 2.24) is 10.2 Å². The summed E-state index contributed by atoms with van der Waals surface area (Å²) < 4.78 is 0. The lowest BCUT2D eigenvalue weighted by atomic mass is 9.82. The molecule has 0 aromatic heterocycles. The lowest BCUT2D eigenvalue weighted by molar-refractivity contribution is 0.102. The zero-order chi connectivity index (χ0) is 13.6. The van der Waals surface area contributed by atoms with E-state index in [1.54, 1.807) is 0 Å². The quantitative estimate of drug-likeness (QED) is 0.732. The summed E-state index contributed by atoms with van der Waals surface area (Å²) in [6, 6.07) is 0.572. The molecule has 1 heterocycles. The second-order valence-electron chi connectivity index (χ2n) is 6.18. The van der Waals surface area contributed by atoms with Crippen LogP contribution >= 0.6 is 0 Å². The van der Waals surface area contributed by atoms with Crippen LogP contribution in [-0.4, -0.2) is 49.3 Å². The Morgan fingerprint density at radius 3 is 2.28 bits per heavy atom. The van der Waals surface area contributed by atoms with Gasteiger partial charge in [0.1, 0.15) is 0 Å². The number of hydrogen-bond donors (Lipinski definition) is 2. The fourth-order valence-electron chi connectivity index (χ4n) is 2.85. The first-order valence-electron chi connectivity index (χ1n) is 7.59. The van der Waals surface area contributed by atoms with Crippen molar-refractivity contribution in [3.8, 4) is 0 Å². The van der Waals surface area contributed by atoms with Gasteiger partial charge in [0, 0.05) is 24.6 Å². The second-order valence-corrected chi connectivity index (χ2v) is 6.18. The van der Waals surface area contributed by atoms with Crippen molar-refractivity contribution in [3.05, 3.63) is 0 Å². The first kappa shape index (κ1) is 15.9. The monoisotopic (exact) mass is 256 g/mol. The maximum absolute atomic E-state index is 9.59. The van der Waals surface area contributed by atoms with E-state index < -0.39 is 0 Å². The van der Waals surface area contributed by atoms with Crippen molar-refractivity contribution in [2.45, 2.75) is 52.5 Å². The van der Waals surface area contributed by atoms with Gasteiger partial charge in [-0.3, -0.25) is 0 Å². The number of hydrogen-bond acceptors (Lipinski definition) is 3. The molecule has 0 radical (unpaired) electrons. The van der Waals surface area contributed by atoms with E-state index >= 15 is 0 Å². The van der Waals surface area contributed by atoms with E-state index in [2.05, 4.69) is 38.0 Å². The van der Waals surface area contributed by atoms with Crippen LogP contribution in [0.5, 0.6) is 0 Å². The van der Waals surface area contributed by atoms with Gasteiger partial charge in [0.25, 0.3) is 0 Å². The Labute approximate surface area is 113 Å². The molecule has 3 heteroatoms. The Hall–Kier alpha value is -0.120. The van der Waals surface area contributed by atoms with E-state index in [1.807, 2.05) is 0 Å². The number of rotatable bonds is 7. The van der Waals surface area contributed by atoms with Crippen LogP contribution in [0.25, 0.3) is 0 Å². The SMILES string of the molecule is CCC(CC)(CO)CNC(C)C1CCN(C)CC1. The summed E-state index contributed by atoms with van der Waals surface area (Å²) in [6.45, 7) is 10.4. The largest absolute Gasteiger partial charge is 0.396 e. The van der Waals surface area contributed by atoms with Gasteiger partial charge >= 0.3 is 0 Å². The third kappa shape index (κ3) is 4.22. The summed E-state index contributed by atoms with van der Waals surface area (Å²) >= 11 is 0. The minimum absolute atomic E-state index is 0.0831. The molecule has 0 aromatic rings. The lowest BCUT2D eigenvalue weighted by Gasteiger charge is -2.36. The van der Waals surface area contributed by atoms with Crippen LogP contribution in [0.3, 0.4) is 0 Å². The van der Waals surface area contributed by atoms with Crippen molar-refractivity contribution < 1.29 is 5.11 Å². The second kappa shape index (κ2) is 7.46. The normalized spacial score (nSPS) is 21.2. The molecule has 18 heavy (non-hydrogen) atoms. The molecule has 1 fully saturated rings. The van der Waals surface area contributed by atoms with Gasteiger partial charge < -0.3 is 15.3 Å². The Kier molecular flexibility index (Phi) is 6.61. The van der Waals surface area contributed by atoms with E-state index in [0.29, 0.717) is 12.6 Å². The molecule has 1 atom stereocenters. The standard InChI is InChI=1S/C15H32N2O/c1-5-15(6-2,12-18)11-16-13(3)14-7-9-17(4)10-8-14/h13-14,16,18H,5-12H2,1-4H3. The van der Waals surface area contributed by atoms with Crippen LogP contribution in [0.1, 0.15) is 46.5 Å². The highest BCUT2D eigenvalue weighted by molar-refractivity contribution is 4.83. The van der Waals surface area contributed by atoms with Gasteiger partial charge in [-0.1, -0.05) is 13.8 Å². The number of piperidine rings is 1. The summed E-state index contributed by atoms with van der Waals surface area (Å²) in [5, 5.41) is 13.3. The Morgan fingerprint density at radius 1 is 1.28 bits per heavy atom. The predicted molar refractivity (Wildman–Crippen MR) is 77.8 cm³/mol. The van der Waals surface area contributed by atoms with Crippen LogP contribution in [-0.2, 0) is 0 Å². The van der Waals surface area contributed by atoms with Crippen molar-refractivity contribution in [1.29, 1.82) is 0 Å². The molecule has 1 unspecified atom stereocenters. The van der Waals surface area contributed by atoms with Gasteiger partial charge in [0.05, 0.1) is 0 Å². The molecule has 0 aliphatic carbocycles. The van der Waals surface area contributed by atoms with Crippen LogP contribution < -0.4 is 5.32 Å². The van der Waals surface area contributed by atoms with E-state index in [9.17, 15) is 5.11 Å². The molecule has 1 rings (SSSR count). The van der Waals surface area contributed by atoms with E-state index in [0.717, 1.165) is 25.3 Å². The Balaban J connectivity index is 2.37. The zero-order valence-corrected chi connectivity index (χ0v) is 12.7. The summed E-state index contributed by atoms with van der Waals surface area (Å²) in [5.41, 5.74) is 0.0831. The van der Waals surface area contributed by atoms with E-state index in [1.165, 1.54) is 25.9 Å². The molecule has 0 amide bonds. The molecule has 1 aliphatic heterocycles. The summed E-state index contributed by atoms with van der Waals surface area (Å²) in [4.78, 5) is 2.42. The van der Waals surface area contributed by atoms with Gasteiger partial charge in [0.2, 0.25) is 0 Å². The zero-order valence-electron chi connectivity index (χ0n) is 12.7. The van der Waals surface area contributed by atoms with Crippen molar-refractivity contribution in [2.75, 3.05) is 33.3 Å². The fraction of sp³-hybridized carbons (Fsp3) is 1.00. The average molecular weight is 256 g/mol. The molecule has 1 saturated heterocycles. The molecule has 3 nitrogen and oxygen atoms in total. The fourth-order valence-corrected chi connectivity index (χ4v) is 2.85. The molecule has 1 aliphatic rings. The predicted octanol–water partition coefficient (Wildman–Crippen LogP) is 2.10. The van der Waals surface area contributed by atoms with Gasteiger partial charge in [-0.2, -0.15) is 0 Å². The number of aliphatic hydroxyl groups excluding tert-OH is 1. The van der Waals surface area contributed by atoms with Crippen LogP contribution in [0.2, 0.25) is 0 Å². The number of aliphatic hydroxyl groups is 1. The summed E-state index contributed by atoms with van der Waals surface area (Å²) in [5.74, 6) is 0.798. The molecule has 0 saturated carbocycles. The number of nitrogens with zero attached hydrogens (tertiary/aromatic N) is 1. The molecule has 2 N–H and O–H groups in total. The average Bonchev–Trinajstić information content (AvgIpc) is 2.41. The minimum atomic E-state index is 0.0831. The highest BCUT2D eigenvalue weighted by Crippen LogP contribution is 2.26. The first-order chi connectivity index (χ1) is 8.56. The molecule has 108 valence electrons. The molecular formula is C15H32N2O. The van der Waals surface area contributed by atoms with Gasteiger partial charge in [-0.25, -0.2) is 0 Å². The molecule has 0 bridgehead atoms. The Morgan fingerprint density at radius 2 is 1.83 bits per heavy atom. The van der Waals surface area contributed by atoms with Crippen LogP contribution in [0, 0.1) is 11.3 Å². The van der Waals surface area contributed by atoms with Crippen molar-refractivity contribution in [2.24, 2.45) is 11.3 Å². The summed E-state index contributed by atoms with van der Waals surface area (Å²) in [6.07, 6.45) is 4.70. The topological polar surface area (TPSA) is 35.5 Å². The first-order valence-corrected chi connectivity index (χ1v) is 7.59. The van der Waals surface area contributed by atoms with Gasteiger partial charge in [-0.05, 0) is 58.7 Å². The summed E-state index contributed by atoms with van der Waals surface area (Å²) in [7, 11) is 2.21. The lowest BCUT2D eigenvalue weighted by Crippen LogP contribution is -2.45. The molecule has 0 aromatic carbocycles. The smallest absolute Gasteiger partial charge is 0.0499 e. The van der Waals surface area contributed by atoms with Crippen molar-refractivity contribution >= 4 is 0 Å². The Bertz CT molecular complexity index is 212. The minimum Gasteiger partial charge on any atom is -0.396 e. The number of likely N-dealkylation sites (tertiary alicyclic amines) is 1. The molecule has 0 spiro atoms. The van der Waals surface area contributed by atoms with Crippen LogP contribution in [0.15, 0.2) is 0 Å².